The van der Waals surface area contributed by atoms with E-state index in [-0.39, 0.29) is 4.90 Å². The molecule has 0 atom stereocenters. The van der Waals surface area contributed by atoms with Crippen LogP contribution in [0.1, 0.15) is 11.1 Å². The summed E-state index contributed by atoms with van der Waals surface area (Å²) in [5.74, 6) is 0. The fourth-order valence-electron chi connectivity index (χ4n) is 2.29. The van der Waals surface area contributed by atoms with E-state index in [1.54, 1.807) is 18.5 Å². The van der Waals surface area contributed by atoms with Crippen LogP contribution in [0.3, 0.4) is 0 Å². The predicted octanol–water partition coefficient (Wildman–Crippen LogP) is 3.05. The number of nitrogens with zero attached hydrogens (tertiary/aromatic N) is 1. The minimum atomic E-state index is -3.56. The summed E-state index contributed by atoms with van der Waals surface area (Å²) in [6, 6.07) is 10.5. The fraction of sp³-hybridized carbons (Fsp3) is 0.188. The lowest BCUT2D eigenvalue weighted by atomic mass is 10.1. The quantitative estimate of drug-likeness (QED) is 0.743. The Kier molecular flexibility index (Phi) is 4.39. The van der Waals surface area contributed by atoms with E-state index in [0.29, 0.717) is 18.0 Å². The van der Waals surface area contributed by atoms with Crippen LogP contribution in [0.25, 0.3) is 11.0 Å². The minimum absolute atomic E-state index is 0.178. The molecule has 0 unspecified atom stereocenters. The van der Waals surface area contributed by atoms with Crippen LogP contribution in [0.4, 0.5) is 0 Å². The van der Waals surface area contributed by atoms with Gasteiger partial charge in [-0.15, -0.1) is 0 Å². The first kappa shape index (κ1) is 16.0. The summed E-state index contributed by atoms with van der Waals surface area (Å²) in [5, 5.41) is 0.442. The molecule has 0 amide bonds. The van der Waals surface area contributed by atoms with Gasteiger partial charge in [0.05, 0.1) is 22.3 Å². The zero-order valence-electron chi connectivity index (χ0n) is 12.5. The number of hydrogen-bond donors (Lipinski definition) is 2. The van der Waals surface area contributed by atoms with Crippen molar-refractivity contribution in [1.29, 1.82) is 0 Å². The molecule has 0 saturated carbocycles. The Hall–Kier alpha value is -1.89. The molecule has 1 aromatic heterocycles. The molecule has 0 aliphatic heterocycles. The number of imidazole rings is 1. The molecule has 120 valence electrons. The number of rotatable bonds is 5. The smallest absolute Gasteiger partial charge is 0.240 e. The molecule has 3 aromatic rings. The average Bonchev–Trinajstić information content (AvgIpc) is 2.97. The van der Waals surface area contributed by atoms with E-state index >= 15 is 0 Å². The SMILES string of the molecule is Cc1ccc(S(=O)(=O)NCCc2ccc3nc[nH]c3c2)cc1Cl. The molecule has 0 spiro atoms. The summed E-state index contributed by atoms with van der Waals surface area (Å²) < 4.78 is 27.1. The summed E-state index contributed by atoms with van der Waals surface area (Å²) >= 11 is 5.99. The van der Waals surface area contributed by atoms with Gasteiger partial charge in [-0.25, -0.2) is 18.1 Å². The summed E-state index contributed by atoms with van der Waals surface area (Å²) in [6.45, 7) is 2.14. The molecule has 23 heavy (non-hydrogen) atoms. The molecule has 0 aliphatic carbocycles. The fourth-order valence-corrected chi connectivity index (χ4v) is 3.59. The first-order chi connectivity index (χ1) is 11.0. The van der Waals surface area contributed by atoms with Gasteiger partial charge in [-0.05, 0) is 48.7 Å². The minimum Gasteiger partial charge on any atom is -0.345 e. The van der Waals surface area contributed by atoms with Crippen molar-refractivity contribution in [2.45, 2.75) is 18.2 Å². The summed E-state index contributed by atoms with van der Waals surface area (Å²) in [7, 11) is -3.56. The molecule has 0 saturated heterocycles. The second kappa shape index (κ2) is 6.31. The zero-order chi connectivity index (χ0) is 16.4. The van der Waals surface area contributed by atoms with Gasteiger partial charge in [0, 0.05) is 11.6 Å². The van der Waals surface area contributed by atoms with Crippen LogP contribution in [0, 0.1) is 6.92 Å². The van der Waals surface area contributed by atoms with Crippen molar-refractivity contribution >= 4 is 32.7 Å². The number of aromatic nitrogens is 2. The maximum absolute atomic E-state index is 12.3. The number of benzene rings is 2. The van der Waals surface area contributed by atoms with Gasteiger partial charge in [0.1, 0.15) is 0 Å². The van der Waals surface area contributed by atoms with Crippen LogP contribution in [0.2, 0.25) is 5.02 Å². The number of H-pyrrole nitrogens is 1. The number of nitrogens with one attached hydrogen (secondary N) is 2. The van der Waals surface area contributed by atoms with Gasteiger partial charge in [-0.2, -0.15) is 0 Å². The van der Waals surface area contributed by atoms with Gasteiger partial charge in [0.25, 0.3) is 0 Å². The number of halogens is 1. The molecule has 2 aromatic carbocycles. The zero-order valence-corrected chi connectivity index (χ0v) is 14.1. The van der Waals surface area contributed by atoms with Crippen molar-refractivity contribution < 1.29 is 8.42 Å². The van der Waals surface area contributed by atoms with Gasteiger partial charge in [0.15, 0.2) is 0 Å². The van der Waals surface area contributed by atoms with E-state index in [4.69, 9.17) is 11.6 Å². The molecule has 3 rings (SSSR count). The third-order valence-corrected chi connectivity index (χ3v) is 5.51. The molecule has 0 aliphatic rings. The monoisotopic (exact) mass is 349 g/mol. The standard InChI is InChI=1S/C16H16ClN3O2S/c1-11-2-4-13(9-14(11)17)23(21,22)20-7-6-12-3-5-15-16(8-12)19-10-18-15/h2-5,8-10,20H,6-7H2,1H3,(H,18,19). The number of sulfonamides is 1. The third kappa shape index (κ3) is 3.55. The molecular formula is C16H16ClN3O2S. The number of hydrogen-bond acceptors (Lipinski definition) is 3. The van der Waals surface area contributed by atoms with Gasteiger partial charge in [0.2, 0.25) is 10.0 Å². The van der Waals surface area contributed by atoms with Crippen molar-refractivity contribution in [3.63, 3.8) is 0 Å². The lowest BCUT2D eigenvalue weighted by Gasteiger charge is -2.08. The predicted molar refractivity (Wildman–Crippen MR) is 91.2 cm³/mol. The molecule has 7 heteroatoms. The largest absolute Gasteiger partial charge is 0.345 e. The summed E-state index contributed by atoms with van der Waals surface area (Å²) in [5.41, 5.74) is 3.71. The first-order valence-electron chi connectivity index (χ1n) is 7.13. The van der Waals surface area contributed by atoms with E-state index < -0.39 is 10.0 Å². The van der Waals surface area contributed by atoms with Crippen molar-refractivity contribution in [2.24, 2.45) is 0 Å². The highest BCUT2D eigenvalue weighted by Gasteiger charge is 2.14. The Morgan fingerprint density at radius 3 is 2.83 bits per heavy atom. The normalized spacial score (nSPS) is 11.9. The summed E-state index contributed by atoms with van der Waals surface area (Å²) in [6.07, 6.45) is 2.23. The van der Waals surface area contributed by atoms with Gasteiger partial charge in [-0.1, -0.05) is 23.7 Å². The highest BCUT2D eigenvalue weighted by atomic mass is 35.5. The summed E-state index contributed by atoms with van der Waals surface area (Å²) in [4.78, 5) is 7.37. The Morgan fingerprint density at radius 2 is 2.04 bits per heavy atom. The second-order valence-corrected chi connectivity index (χ2v) is 7.49. The molecule has 0 bridgehead atoms. The molecule has 5 nitrogen and oxygen atoms in total. The molecule has 1 heterocycles. The van der Waals surface area contributed by atoms with Crippen LogP contribution in [0.5, 0.6) is 0 Å². The average molecular weight is 350 g/mol. The molecule has 0 radical (unpaired) electrons. The number of aromatic amines is 1. The first-order valence-corrected chi connectivity index (χ1v) is 9.00. The topological polar surface area (TPSA) is 74.8 Å². The van der Waals surface area contributed by atoms with Crippen molar-refractivity contribution in [3.8, 4) is 0 Å². The van der Waals surface area contributed by atoms with E-state index in [1.165, 1.54) is 6.07 Å². The number of fused-ring (bicyclic) bond motifs is 1. The maximum Gasteiger partial charge on any atom is 0.240 e. The van der Waals surface area contributed by atoms with E-state index in [9.17, 15) is 8.42 Å². The third-order valence-electron chi connectivity index (χ3n) is 3.64. The van der Waals surface area contributed by atoms with Crippen LogP contribution >= 0.6 is 11.6 Å². The van der Waals surface area contributed by atoms with Gasteiger partial charge in [-0.3, -0.25) is 0 Å². The lowest BCUT2D eigenvalue weighted by Crippen LogP contribution is -2.26. The Balaban J connectivity index is 1.67. The second-order valence-electron chi connectivity index (χ2n) is 5.31. The van der Waals surface area contributed by atoms with E-state index in [1.807, 2.05) is 25.1 Å². The van der Waals surface area contributed by atoms with Crippen LogP contribution in [0.15, 0.2) is 47.6 Å². The highest BCUT2D eigenvalue weighted by molar-refractivity contribution is 7.89. The van der Waals surface area contributed by atoms with E-state index in [2.05, 4.69) is 14.7 Å². The van der Waals surface area contributed by atoms with Crippen molar-refractivity contribution in [2.75, 3.05) is 6.54 Å². The Morgan fingerprint density at radius 1 is 1.22 bits per heavy atom. The lowest BCUT2D eigenvalue weighted by molar-refractivity contribution is 0.581. The van der Waals surface area contributed by atoms with Crippen LogP contribution in [-0.2, 0) is 16.4 Å². The van der Waals surface area contributed by atoms with Gasteiger partial charge >= 0.3 is 0 Å². The highest BCUT2D eigenvalue weighted by Crippen LogP contribution is 2.20. The number of aryl methyl sites for hydroxylation is 1. The maximum atomic E-state index is 12.3. The van der Waals surface area contributed by atoms with Crippen molar-refractivity contribution in [1.82, 2.24) is 14.7 Å². The van der Waals surface area contributed by atoms with E-state index in [0.717, 1.165) is 22.2 Å². The molecule has 2 N–H and O–H groups in total. The Bertz CT molecular complexity index is 951. The van der Waals surface area contributed by atoms with Crippen LogP contribution in [-0.4, -0.2) is 24.9 Å². The van der Waals surface area contributed by atoms with Crippen LogP contribution < -0.4 is 4.72 Å². The van der Waals surface area contributed by atoms with Gasteiger partial charge < -0.3 is 4.98 Å². The molecule has 0 fully saturated rings. The Labute approximate surface area is 139 Å². The molecular weight excluding hydrogens is 334 g/mol. The van der Waals surface area contributed by atoms with Crippen molar-refractivity contribution in [3.05, 3.63) is 58.9 Å².